The minimum absolute atomic E-state index is 0.104. The number of rotatable bonds is 2. The maximum atomic E-state index is 11.4. The maximum Gasteiger partial charge on any atom is 0.303 e. The first-order valence-corrected chi connectivity index (χ1v) is 8.16. The van der Waals surface area contributed by atoms with Crippen LogP contribution in [0.25, 0.3) is 0 Å². The Hall–Kier alpha value is -1.58. The molecule has 22 heavy (non-hydrogen) atoms. The largest absolute Gasteiger partial charge is 0.459 e. The molecule has 0 aromatic carbocycles. The van der Waals surface area contributed by atoms with Crippen LogP contribution in [0.2, 0.25) is 0 Å². The van der Waals surface area contributed by atoms with Crippen molar-refractivity contribution >= 4 is 11.9 Å². The summed E-state index contributed by atoms with van der Waals surface area (Å²) in [6.45, 7) is 2.83. The van der Waals surface area contributed by atoms with Crippen LogP contribution in [0.5, 0.6) is 0 Å². The highest BCUT2D eigenvalue weighted by Gasteiger charge is 2.53. The van der Waals surface area contributed by atoms with E-state index in [-0.39, 0.29) is 35.0 Å². The Morgan fingerprint density at radius 2 is 1.41 bits per heavy atom. The normalized spacial score (nSPS) is 39.5. The van der Waals surface area contributed by atoms with Crippen LogP contribution in [0.3, 0.4) is 0 Å². The van der Waals surface area contributed by atoms with Gasteiger partial charge in [-0.05, 0) is 43.9 Å². The number of allylic oxidation sites excluding steroid dienone is 4. The maximum absolute atomic E-state index is 11.4. The smallest absolute Gasteiger partial charge is 0.303 e. The molecule has 3 aliphatic carbocycles. The Morgan fingerprint density at radius 3 is 1.91 bits per heavy atom. The third-order valence-corrected chi connectivity index (χ3v) is 5.63. The summed E-state index contributed by atoms with van der Waals surface area (Å²) in [6.07, 6.45) is 14.2. The van der Waals surface area contributed by atoms with Crippen molar-refractivity contribution in [2.75, 3.05) is 0 Å². The summed E-state index contributed by atoms with van der Waals surface area (Å²) in [6, 6.07) is 0. The van der Waals surface area contributed by atoms with Crippen molar-refractivity contribution in [3.05, 3.63) is 24.3 Å². The predicted molar refractivity (Wildman–Crippen MR) is 82.0 cm³/mol. The lowest BCUT2D eigenvalue weighted by molar-refractivity contribution is -0.169. The Balaban J connectivity index is 1.83. The Labute approximate surface area is 131 Å². The Bertz CT molecular complexity index is 515. The van der Waals surface area contributed by atoms with Crippen LogP contribution in [-0.4, -0.2) is 24.1 Å². The highest BCUT2D eigenvalue weighted by atomic mass is 16.6. The summed E-state index contributed by atoms with van der Waals surface area (Å²) >= 11 is 0. The van der Waals surface area contributed by atoms with Crippen LogP contribution >= 0.6 is 0 Å². The first-order chi connectivity index (χ1) is 10.5. The van der Waals surface area contributed by atoms with E-state index in [1.807, 2.05) is 0 Å². The highest BCUT2D eigenvalue weighted by molar-refractivity contribution is 5.67. The zero-order chi connectivity index (χ0) is 15.8. The van der Waals surface area contributed by atoms with Gasteiger partial charge in [0.25, 0.3) is 0 Å². The molecule has 0 N–H and O–H groups in total. The summed E-state index contributed by atoms with van der Waals surface area (Å²) in [5.74, 6) is -0.615. The van der Waals surface area contributed by atoms with Gasteiger partial charge in [0.2, 0.25) is 0 Å². The van der Waals surface area contributed by atoms with Gasteiger partial charge in [0, 0.05) is 19.3 Å². The van der Waals surface area contributed by atoms with Crippen molar-refractivity contribution in [3.8, 4) is 0 Å². The van der Waals surface area contributed by atoms with E-state index in [9.17, 15) is 9.59 Å². The van der Waals surface area contributed by atoms with E-state index in [1.165, 1.54) is 13.8 Å². The fourth-order valence-electron chi connectivity index (χ4n) is 4.60. The monoisotopic (exact) mass is 304 g/mol. The van der Waals surface area contributed by atoms with Crippen molar-refractivity contribution in [3.63, 3.8) is 0 Å². The number of hydrogen-bond donors (Lipinski definition) is 0. The van der Waals surface area contributed by atoms with Crippen molar-refractivity contribution in [2.24, 2.45) is 10.8 Å². The van der Waals surface area contributed by atoms with Gasteiger partial charge >= 0.3 is 11.9 Å². The molecule has 0 unspecified atom stereocenters. The minimum atomic E-state index is -0.336. The van der Waals surface area contributed by atoms with Crippen LogP contribution in [0.1, 0.15) is 52.4 Å². The molecule has 1 saturated carbocycles. The standard InChI is InChI=1S/C18H24O4/c1-13(19)21-15-5-11-17-7-3-9-18(17,10-4-8-17)12-6-16(15)22-14(2)20/h3-4,7-8,15-16H,5-6,9-12H2,1-2H3/t15-,16+,17?,18?/m1/s1. The van der Waals surface area contributed by atoms with E-state index in [4.69, 9.17) is 9.47 Å². The lowest BCUT2D eigenvalue weighted by atomic mass is 9.61. The summed E-state index contributed by atoms with van der Waals surface area (Å²) in [5.41, 5.74) is 0.346. The van der Waals surface area contributed by atoms with Gasteiger partial charge in [0.15, 0.2) is 0 Å². The molecule has 0 spiro atoms. The van der Waals surface area contributed by atoms with E-state index in [0.29, 0.717) is 0 Å². The molecular formula is C18H24O4. The van der Waals surface area contributed by atoms with Crippen molar-refractivity contribution in [2.45, 2.75) is 64.6 Å². The lowest BCUT2D eigenvalue weighted by Crippen LogP contribution is -2.42. The summed E-state index contributed by atoms with van der Waals surface area (Å²) in [5, 5.41) is 0. The van der Waals surface area contributed by atoms with Gasteiger partial charge in [-0.2, -0.15) is 0 Å². The van der Waals surface area contributed by atoms with E-state index < -0.39 is 0 Å². The molecule has 1 fully saturated rings. The molecule has 4 nitrogen and oxygen atoms in total. The minimum Gasteiger partial charge on any atom is -0.459 e. The van der Waals surface area contributed by atoms with Crippen LogP contribution in [-0.2, 0) is 19.1 Å². The fraction of sp³-hybridized carbons (Fsp3) is 0.667. The molecular weight excluding hydrogens is 280 g/mol. The van der Waals surface area contributed by atoms with Crippen LogP contribution < -0.4 is 0 Å². The molecule has 0 radical (unpaired) electrons. The third kappa shape index (κ3) is 2.49. The molecule has 3 rings (SSSR count). The van der Waals surface area contributed by atoms with Crippen LogP contribution in [0.4, 0.5) is 0 Å². The molecule has 4 heteroatoms. The first-order valence-electron chi connectivity index (χ1n) is 8.16. The highest BCUT2D eigenvalue weighted by Crippen LogP contribution is 2.62. The molecule has 0 amide bonds. The van der Waals surface area contributed by atoms with Gasteiger partial charge in [0.1, 0.15) is 12.2 Å². The van der Waals surface area contributed by atoms with Crippen molar-refractivity contribution in [1.29, 1.82) is 0 Å². The zero-order valence-electron chi connectivity index (χ0n) is 13.3. The molecule has 0 bridgehead atoms. The number of hydrogen-bond acceptors (Lipinski definition) is 4. The topological polar surface area (TPSA) is 52.6 Å². The zero-order valence-corrected chi connectivity index (χ0v) is 13.3. The molecule has 2 atom stereocenters. The van der Waals surface area contributed by atoms with Gasteiger partial charge in [-0.25, -0.2) is 0 Å². The lowest BCUT2D eigenvalue weighted by Gasteiger charge is -2.44. The quantitative estimate of drug-likeness (QED) is 0.580. The number of carbonyl (C=O) groups is 2. The Kier molecular flexibility index (Phi) is 3.87. The van der Waals surface area contributed by atoms with E-state index in [2.05, 4.69) is 24.3 Å². The second kappa shape index (κ2) is 5.56. The van der Waals surface area contributed by atoms with Gasteiger partial charge < -0.3 is 9.47 Å². The SMILES string of the molecule is CC(=O)O[C@H]1CCC23CC=CC2(C=CC3)CC[C@H]1OC(C)=O. The molecule has 3 aliphatic rings. The molecule has 0 saturated heterocycles. The molecule has 0 aliphatic heterocycles. The van der Waals surface area contributed by atoms with Crippen molar-refractivity contribution < 1.29 is 19.1 Å². The Morgan fingerprint density at radius 1 is 0.909 bits per heavy atom. The van der Waals surface area contributed by atoms with Gasteiger partial charge in [-0.15, -0.1) is 0 Å². The predicted octanol–water partition coefficient (Wildman–Crippen LogP) is 3.32. The van der Waals surface area contributed by atoms with E-state index >= 15 is 0 Å². The average Bonchev–Trinajstić information content (AvgIpc) is 2.91. The summed E-state index contributed by atoms with van der Waals surface area (Å²) in [4.78, 5) is 22.8. The molecule has 0 aromatic heterocycles. The van der Waals surface area contributed by atoms with Gasteiger partial charge in [0.05, 0.1) is 0 Å². The number of carbonyl (C=O) groups excluding carboxylic acids is 2. The van der Waals surface area contributed by atoms with Crippen LogP contribution in [0, 0.1) is 10.8 Å². The second-order valence-electron chi connectivity index (χ2n) is 6.91. The van der Waals surface area contributed by atoms with E-state index in [0.717, 1.165) is 38.5 Å². The average molecular weight is 304 g/mol. The molecule has 120 valence electrons. The van der Waals surface area contributed by atoms with Crippen LogP contribution in [0.15, 0.2) is 24.3 Å². The fourth-order valence-corrected chi connectivity index (χ4v) is 4.60. The molecule has 0 heterocycles. The summed E-state index contributed by atoms with van der Waals surface area (Å²) in [7, 11) is 0. The number of esters is 2. The number of ether oxygens (including phenoxy) is 2. The van der Waals surface area contributed by atoms with Gasteiger partial charge in [-0.1, -0.05) is 24.3 Å². The second-order valence-corrected chi connectivity index (χ2v) is 6.91. The van der Waals surface area contributed by atoms with Gasteiger partial charge in [-0.3, -0.25) is 9.59 Å². The third-order valence-electron chi connectivity index (χ3n) is 5.63. The summed E-state index contributed by atoms with van der Waals surface area (Å²) < 4.78 is 10.9. The van der Waals surface area contributed by atoms with Crippen molar-refractivity contribution in [1.82, 2.24) is 0 Å². The molecule has 0 aromatic rings. The van der Waals surface area contributed by atoms with E-state index in [1.54, 1.807) is 0 Å². The first kappa shape index (κ1) is 15.3.